The van der Waals surface area contributed by atoms with Crippen LogP contribution in [0.3, 0.4) is 0 Å². The Morgan fingerprint density at radius 3 is 3.05 bits per heavy atom. The number of pyridine rings is 1. The van der Waals surface area contributed by atoms with Gasteiger partial charge in [0.1, 0.15) is 11.3 Å². The highest BCUT2D eigenvalue weighted by atomic mass is 35.5. The molecule has 0 N–H and O–H groups in total. The number of rotatable bonds is 4. The van der Waals surface area contributed by atoms with Crippen LogP contribution in [0.1, 0.15) is 5.82 Å². The quantitative estimate of drug-likeness (QED) is 0.788. The smallest absolute Gasteiger partial charge is 0.160 e. The van der Waals surface area contributed by atoms with Crippen molar-refractivity contribution in [2.24, 2.45) is 0 Å². The van der Waals surface area contributed by atoms with Gasteiger partial charge in [-0.05, 0) is 6.07 Å². The number of aromatic nitrogens is 3. The van der Waals surface area contributed by atoms with E-state index >= 15 is 0 Å². The molecule has 0 radical (unpaired) electrons. The molecular formula is C13H15Cl2N3S2. The molecule has 2 aromatic heterocycles. The van der Waals surface area contributed by atoms with Gasteiger partial charge in [-0.15, -0.1) is 11.6 Å². The van der Waals surface area contributed by atoms with Crippen molar-refractivity contribution < 1.29 is 0 Å². The lowest BCUT2D eigenvalue weighted by Gasteiger charge is -2.22. The first-order valence-corrected chi connectivity index (χ1v) is 9.65. The number of fused-ring (bicyclic) bond motifs is 1. The lowest BCUT2D eigenvalue weighted by Crippen LogP contribution is -2.22. The minimum Gasteiger partial charge on any atom is -0.312 e. The zero-order valence-electron chi connectivity index (χ0n) is 10.9. The number of halogens is 2. The molecule has 1 fully saturated rings. The summed E-state index contributed by atoms with van der Waals surface area (Å²) in [5.74, 6) is 5.27. The molecule has 7 heteroatoms. The van der Waals surface area contributed by atoms with Crippen LogP contribution in [0.2, 0.25) is 5.02 Å². The van der Waals surface area contributed by atoms with E-state index in [0.717, 1.165) is 30.0 Å². The van der Waals surface area contributed by atoms with Crippen molar-refractivity contribution in [2.45, 2.75) is 18.2 Å². The van der Waals surface area contributed by atoms with Crippen LogP contribution in [0.25, 0.3) is 11.2 Å². The highest BCUT2D eigenvalue weighted by molar-refractivity contribution is 8.06. The number of thioether (sulfide) groups is 2. The SMILES string of the molecule is ClCCc1nc2cc(Cl)cnc2n1CC1CSCCS1. The molecule has 0 bridgehead atoms. The minimum absolute atomic E-state index is 0.573. The van der Waals surface area contributed by atoms with E-state index in [1.807, 2.05) is 29.6 Å². The van der Waals surface area contributed by atoms with Gasteiger partial charge in [-0.25, -0.2) is 9.97 Å². The molecule has 3 rings (SSSR count). The molecule has 0 spiro atoms. The van der Waals surface area contributed by atoms with Gasteiger partial charge in [0.2, 0.25) is 0 Å². The number of alkyl halides is 1. The van der Waals surface area contributed by atoms with Crippen LogP contribution in [-0.2, 0) is 13.0 Å². The van der Waals surface area contributed by atoms with Crippen molar-refractivity contribution in [1.29, 1.82) is 0 Å². The second kappa shape index (κ2) is 6.77. The third kappa shape index (κ3) is 3.21. The summed E-state index contributed by atoms with van der Waals surface area (Å²) in [5, 5.41) is 1.25. The van der Waals surface area contributed by atoms with Gasteiger partial charge in [0.05, 0.1) is 5.02 Å². The number of aryl methyl sites for hydroxylation is 1. The highest BCUT2D eigenvalue weighted by Crippen LogP contribution is 2.27. The van der Waals surface area contributed by atoms with Gasteiger partial charge >= 0.3 is 0 Å². The molecule has 1 atom stereocenters. The predicted octanol–water partition coefficient (Wildman–Crippen LogP) is 3.71. The first kappa shape index (κ1) is 14.8. The fourth-order valence-corrected chi connectivity index (χ4v) is 5.32. The topological polar surface area (TPSA) is 30.7 Å². The maximum Gasteiger partial charge on any atom is 0.160 e. The van der Waals surface area contributed by atoms with Gasteiger partial charge in [-0.1, -0.05) is 11.6 Å². The fourth-order valence-electron chi connectivity index (χ4n) is 2.35. The van der Waals surface area contributed by atoms with E-state index in [-0.39, 0.29) is 0 Å². The molecule has 0 saturated carbocycles. The number of nitrogens with zero attached hydrogens (tertiary/aromatic N) is 3. The van der Waals surface area contributed by atoms with E-state index in [1.165, 1.54) is 17.3 Å². The molecule has 1 saturated heterocycles. The third-order valence-corrected chi connectivity index (χ3v) is 6.44. The van der Waals surface area contributed by atoms with Gasteiger partial charge < -0.3 is 4.57 Å². The molecule has 1 unspecified atom stereocenters. The van der Waals surface area contributed by atoms with E-state index in [0.29, 0.717) is 16.2 Å². The van der Waals surface area contributed by atoms with Crippen LogP contribution < -0.4 is 0 Å². The summed E-state index contributed by atoms with van der Waals surface area (Å²) in [6.45, 7) is 0.953. The van der Waals surface area contributed by atoms with Crippen LogP contribution >= 0.6 is 46.7 Å². The minimum atomic E-state index is 0.573. The van der Waals surface area contributed by atoms with Crippen molar-refractivity contribution in [3.8, 4) is 0 Å². The molecule has 1 aliphatic rings. The van der Waals surface area contributed by atoms with Gasteiger partial charge in [0, 0.05) is 47.6 Å². The van der Waals surface area contributed by atoms with Crippen molar-refractivity contribution in [3.63, 3.8) is 0 Å². The molecule has 3 heterocycles. The molecule has 0 amide bonds. The van der Waals surface area contributed by atoms with Crippen molar-refractivity contribution in [1.82, 2.24) is 14.5 Å². The summed E-state index contributed by atoms with van der Waals surface area (Å²) in [6, 6.07) is 1.88. The number of imidazole rings is 1. The molecule has 1 aliphatic heterocycles. The van der Waals surface area contributed by atoms with E-state index in [2.05, 4.69) is 14.5 Å². The van der Waals surface area contributed by atoms with Crippen LogP contribution in [0.4, 0.5) is 0 Å². The van der Waals surface area contributed by atoms with Gasteiger partial charge in [0.15, 0.2) is 5.65 Å². The van der Waals surface area contributed by atoms with Gasteiger partial charge in [-0.3, -0.25) is 0 Å². The lowest BCUT2D eigenvalue weighted by molar-refractivity contribution is 0.669. The second-order valence-electron chi connectivity index (χ2n) is 4.64. The zero-order valence-corrected chi connectivity index (χ0v) is 14.0. The summed E-state index contributed by atoms with van der Waals surface area (Å²) >= 11 is 16.0. The lowest BCUT2D eigenvalue weighted by atomic mass is 10.4. The Morgan fingerprint density at radius 1 is 1.40 bits per heavy atom. The Morgan fingerprint density at radius 2 is 2.30 bits per heavy atom. The maximum absolute atomic E-state index is 6.00. The average molecular weight is 348 g/mol. The normalized spacial score (nSPS) is 19.6. The molecule has 2 aromatic rings. The summed E-state index contributed by atoms with van der Waals surface area (Å²) < 4.78 is 2.22. The summed E-state index contributed by atoms with van der Waals surface area (Å²) in [7, 11) is 0. The Balaban J connectivity index is 1.95. The van der Waals surface area contributed by atoms with Crippen LogP contribution in [0.5, 0.6) is 0 Å². The van der Waals surface area contributed by atoms with E-state index < -0.39 is 0 Å². The number of hydrogen-bond acceptors (Lipinski definition) is 4. The Bertz CT molecular complexity index is 597. The Hall–Kier alpha value is -0.100. The van der Waals surface area contributed by atoms with Crippen LogP contribution in [-0.4, -0.2) is 42.9 Å². The second-order valence-corrected chi connectivity index (χ2v) is 8.01. The highest BCUT2D eigenvalue weighted by Gasteiger charge is 2.19. The van der Waals surface area contributed by atoms with E-state index in [1.54, 1.807) is 6.20 Å². The molecule has 0 aromatic carbocycles. The first-order valence-electron chi connectivity index (χ1n) is 6.54. The number of hydrogen-bond donors (Lipinski definition) is 0. The fraction of sp³-hybridized carbons (Fsp3) is 0.538. The van der Waals surface area contributed by atoms with Crippen LogP contribution in [0.15, 0.2) is 12.3 Å². The third-order valence-electron chi connectivity index (χ3n) is 3.22. The largest absolute Gasteiger partial charge is 0.312 e. The predicted molar refractivity (Wildman–Crippen MR) is 90.5 cm³/mol. The van der Waals surface area contributed by atoms with Crippen LogP contribution in [0, 0.1) is 0 Å². The van der Waals surface area contributed by atoms with Crippen molar-refractivity contribution >= 4 is 57.9 Å². The first-order chi connectivity index (χ1) is 9.78. The molecule has 3 nitrogen and oxygen atoms in total. The summed E-state index contributed by atoms with van der Waals surface area (Å²) in [5.41, 5.74) is 1.79. The molecule has 0 aliphatic carbocycles. The van der Waals surface area contributed by atoms with Gasteiger partial charge in [0.25, 0.3) is 0 Å². The zero-order chi connectivity index (χ0) is 13.9. The average Bonchev–Trinajstić information content (AvgIpc) is 2.77. The standard InChI is InChI=1S/C13H15Cl2N3S2/c14-2-1-12-17-11-5-9(15)6-16-13(11)18(12)7-10-8-19-3-4-20-10/h5-6,10H,1-4,7-8H2. The van der Waals surface area contributed by atoms with Gasteiger partial charge in [-0.2, -0.15) is 23.5 Å². The van der Waals surface area contributed by atoms with Crippen molar-refractivity contribution in [3.05, 3.63) is 23.1 Å². The van der Waals surface area contributed by atoms with Crippen molar-refractivity contribution in [2.75, 3.05) is 23.1 Å². The Labute approximate surface area is 136 Å². The summed E-state index contributed by atoms with van der Waals surface area (Å²) in [6.07, 6.45) is 2.45. The molecular weight excluding hydrogens is 333 g/mol. The molecule has 20 heavy (non-hydrogen) atoms. The molecule has 108 valence electrons. The monoisotopic (exact) mass is 347 g/mol. The summed E-state index contributed by atoms with van der Waals surface area (Å²) in [4.78, 5) is 9.10. The Kier molecular flexibility index (Phi) is 5.02. The van der Waals surface area contributed by atoms with E-state index in [4.69, 9.17) is 23.2 Å². The van der Waals surface area contributed by atoms with E-state index in [9.17, 15) is 0 Å². The maximum atomic E-state index is 6.00.